The van der Waals surface area contributed by atoms with Gasteiger partial charge in [-0.3, -0.25) is 0 Å². The predicted molar refractivity (Wildman–Crippen MR) is 66.0 cm³/mol. The number of aromatic nitrogens is 1. The summed E-state index contributed by atoms with van der Waals surface area (Å²) in [5, 5.41) is 0.679. The standard InChI is InChI=1S/C10H18N2S2/c1-2-3-4-5-6-7-13-9-8-12-10(11)14-9/h8H,2-7H2,1H3,(H2,11,12). The molecule has 0 unspecified atom stereocenters. The molecule has 0 bridgehead atoms. The molecule has 0 aliphatic heterocycles. The summed E-state index contributed by atoms with van der Waals surface area (Å²) in [6.45, 7) is 2.24. The molecule has 4 heteroatoms. The monoisotopic (exact) mass is 230 g/mol. The van der Waals surface area contributed by atoms with Crippen LogP contribution in [-0.4, -0.2) is 10.7 Å². The largest absolute Gasteiger partial charge is 0.375 e. The summed E-state index contributed by atoms with van der Waals surface area (Å²) in [6, 6.07) is 0. The molecule has 0 fully saturated rings. The number of hydrogen-bond acceptors (Lipinski definition) is 4. The minimum absolute atomic E-state index is 0.679. The zero-order chi connectivity index (χ0) is 10.2. The second kappa shape index (κ2) is 7.12. The van der Waals surface area contributed by atoms with E-state index < -0.39 is 0 Å². The first-order valence-corrected chi connectivity index (χ1v) is 6.97. The molecule has 1 heterocycles. The number of anilines is 1. The van der Waals surface area contributed by atoms with Gasteiger partial charge in [-0.1, -0.05) is 43.9 Å². The van der Waals surface area contributed by atoms with Gasteiger partial charge in [-0.2, -0.15) is 0 Å². The van der Waals surface area contributed by atoms with E-state index in [1.807, 2.05) is 18.0 Å². The normalized spacial score (nSPS) is 10.6. The van der Waals surface area contributed by atoms with Crippen molar-refractivity contribution < 1.29 is 0 Å². The molecule has 1 aromatic heterocycles. The Bertz CT molecular complexity index is 248. The molecule has 0 saturated carbocycles. The number of thioether (sulfide) groups is 1. The van der Waals surface area contributed by atoms with Crippen LogP contribution < -0.4 is 5.73 Å². The zero-order valence-corrected chi connectivity index (χ0v) is 10.3. The highest BCUT2D eigenvalue weighted by molar-refractivity contribution is 8.01. The van der Waals surface area contributed by atoms with Crippen molar-refractivity contribution in [2.24, 2.45) is 0 Å². The number of nitrogens with zero attached hydrogens (tertiary/aromatic N) is 1. The van der Waals surface area contributed by atoms with Crippen LogP contribution in [0.4, 0.5) is 5.13 Å². The van der Waals surface area contributed by atoms with Gasteiger partial charge in [0.1, 0.15) is 0 Å². The molecular weight excluding hydrogens is 212 g/mol. The molecule has 0 spiro atoms. The third-order valence-corrected chi connectivity index (χ3v) is 4.10. The Morgan fingerprint density at radius 3 is 2.79 bits per heavy atom. The Hall–Kier alpha value is -0.220. The summed E-state index contributed by atoms with van der Waals surface area (Å²) in [7, 11) is 0. The van der Waals surface area contributed by atoms with Gasteiger partial charge in [0.05, 0.1) is 10.4 Å². The van der Waals surface area contributed by atoms with Crippen LogP contribution in [-0.2, 0) is 0 Å². The van der Waals surface area contributed by atoms with Gasteiger partial charge in [-0.15, -0.1) is 11.8 Å². The van der Waals surface area contributed by atoms with E-state index in [4.69, 9.17) is 5.73 Å². The minimum atomic E-state index is 0.679. The number of nitrogens with two attached hydrogens (primary N) is 1. The fourth-order valence-electron chi connectivity index (χ4n) is 1.22. The summed E-state index contributed by atoms with van der Waals surface area (Å²) in [6.07, 6.45) is 8.60. The van der Waals surface area contributed by atoms with Gasteiger partial charge in [0.15, 0.2) is 5.13 Å². The fraction of sp³-hybridized carbons (Fsp3) is 0.700. The zero-order valence-electron chi connectivity index (χ0n) is 8.66. The SMILES string of the molecule is CCCCCCCSc1cnc(N)s1. The van der Waals surface area contributed by atoms with E-state index in [0.29, 0.717) is 5.13 Å². The third kappa shape index (κ3) is 4.86. The number of thiazole rings is 1. The van der Waals surface area contributed by atoms with Crippen LogP contribution >= 0.6 is 23.1 Å². The molecular formula is C10H18N2S2. The van der Waals surface area contributed by atoms with Gasteiger partial charge < -0.3 is 5.73 Å². The van der Waals surface area contributed by atoms with Gasteiger partial charge in [-0.25, -0.2) is 4.98 Å². The molecule has 1 aromatic rings. The second-order valence-electron chi connectivity index (χ2n) is 3.28. The van der Waals surface area contributed by atoms with Gasteiger partial charge >= 0.3 is 0 Å². The van der Waals surface area contributed by atoms with E-state index in [0.717, 1.165) is 0 Å². The van der Waals surface area contributed by atoms with Crippen molar-refractivity contribution in [3.05, 3.63) is 6.20 Å². The van der Waals surface area contributed by atoms with E-state index >= 15 is 0 Å². The lowest BCUT2D eigenvalue weighted by atomic mass is 10.2. The molecule has 1 rings (SSSR count). The molecule has 80 valence electrons. The third-order valence-electron chi connectivity index (χ3n) is 1.99. The maximum absolute atomic E-state index is 5.54. The molecule has 0 radical (unpaired) electrons. The van der Waals surface area contributed by atoms with Crippen molar-refractivity contribution in [3.63, 3.8) is 0 Å². The molecule has 2 nitrogen and oxygen atoms in total. The summed E-state index contributed by atoms with van der Waals surface area (Å²) in [5.41, 5.74) is 5.54. The van der Waals surface area contributed by atoms with Crippen molar-refractivity contribution in [3.8, 4) is 0 Å². The highest BCUT2D eigenvalue weighted by Crippen LogP contribution is 2.27. The highest BCUT2D eigenvalue weighted by atomic mass is 32.2. The van der Waals surface area contributed by atoms with Gasteiger partial charge in [0.2, 0.25) is 0 Å². The first kappa shape index (κ1) is 11.9. The maximum Gasteiger partial charge on any atom is 0.181 e. The Labute approximate surface area is 94.3 Å². The fourth-order valence-corrected chi connectivity index (χ4v) is 3.05. The minimum Gasteiger partial charge on any atom is -0.375 e. The first-order valence-electron chi connectivity index (χ1n) is 5.17. The van der Waals surface area contributed by atoms with Crippen LogP contribution in [0.1, 0.15) is 39.0 Å². The number of unbranched alkanes of at least 4 members (excludes halogenated alkanes) is 4. The lowest BCUT2D eigenvalue weighted by Gasteiger charge is -1.98. The van der Waals surface area contributed by atoms with Crippen molar-refractivity contribution in [1.29, 1.82) is 0 Å². The molecule has 2 N–H and O–H groups in total. The average Bonchev–Trinajstić information content (AvgIpc) is 2.58. The lowest BCUT2D eigenvalue weighted by molar-refractivity contribution is 0.659. The molecule has 0 aromatic carbocycles. The van der Waals surface area contributed by atoms with E-state index in [1.54, 1.807) is 11.3 Å². The number of nitrogen functional groups attached to an aromatic ring is 1. The number of rotatable bonds is 7. The summed E-state index contributed by atoms with van der Waals surface area (Å²) in [5.74, 6) is 1.20. The van der Waals surface area contributed by atoms with Gasteiger partial charge in [0, 0.05) is 0 Å². The van der Waals surface area contributed by atoms with Crippen LogP contribution in [0.3, 0.4) is 0 Å². The average molecular weight is 230 g/mol. The Balaban J connectivity index is 1.99. The van der Waals surface area contributed by atoms with E-state index in [2.05, 4.69) is 11.9 Å². The topological polar surface area (TPSA) is 38.9 Å². The second-order valence-corrected chi connectivity index (χ2v) is 5.74. The molecule has 0 atom stereocenters. The van der Waals surface area contributed by atoms with Crippen LogP contribution in [0, 0.1) is 0 Å². The molecule has 0 saturated heterocycles. The quantitative estimate of drug-likeness (QED) is 0.572. The van der Waals surface area contributed by atoms with Crippen LogP contribution in [0.15, 0.2) is 10.4 Å². The molecule has 0 aliphatic rings. The molecule has 0 amide bonds. The van der Waals surface area contributed by atoms with E-state index in [9.17, 15) is 0 Å². The van der Waals surface area contributed by atoms with Crippen LogP contribution in [0.25, 0.3) is 0 Å². The van der Waals surface area contributed by atoms with E-state index in [1.165, 1.54) is 42.1 Å². The molecule has 14 heavy (non-hydrogen) atoms. The van der Waals surface area contributed by atoms with Crippen LogP contribution in [0.2, 0.25) is 0 Å². The Kier molecular flexibility index (Phi) is 6.03. The lowest BCUT2D eigenvalue weighted by Crippen LogP contribution is -1.80. The van der Waals surface area contributed by atoms with Gasteiger partial charge in [-0.05, 0) is 12.2 Å². The molecule has 0 aliphatic carbocycles. The summed E-state index contributed by atoms with van der Waals surface area (Å²) >= 11 is 3.46. The smallest absolute Gasteiger partial charge is 0.181 e. The number of hydrogen-bond donors (Lipinski definition) is 1. The summed E-state index contributed by atoms with van der Waals surface area (Å²) < 4.78 is 1.25. The highest BCUT2D eigenvalue weighted by Gasteiger charge is 1.98. The Morgan fingerprint density at radius 1 is 1.36 bits per heavy atom. The predicted octanol–water partition coefficient (Wildman–Crippen LogP) is 3.79. The van der Waals surface area contributed by atoms with Crippen LogP contribution in [0.5, 0.6) is 0 Å². The Morgan fingerprint density at radius 2 is 2.14 bits per heavy atom. The maximum atomic E-state index is 5.54. The summed E-state index contributed by atoms with van der Waals surface area (Å²) in [4.78, 5) is 4.02. The van der Waals surface area contributed by atoms with Crippen molar-refractivity contribution in [2.75, 3.05) is 11.5 Å². The van der Waals surface area contributed by atoms with Crippen molar-refractivity contribution in [1.82, 2.24) is 4.98 Å². The first-order chi connectivity index (χ1) is 6.83. The van der Waals surface area contributed by atoms with Gasteiger partial charge in [0.25, 0.3) is 0 Å². The van der Waals surface area contributed by atoms with E-state index in [-0.39, 0.29) is 0 Å². The van der Waals surface area contributed by atoms with Crippen molar-refractivity contribution >= 4 is 28.2 Å². The van der Waals surface area contributed by atoms with Crippen molar-refractivity contribution in [2.45, 2.75) is 43.2 Å².